The number of aromatic carboxylic acids is 1. The molecule has 0 aliphatic rings. The van der Waals surface area contributed by atoms with E-state index in [0.717, 1.165) is 11.1 Å². The molecule has 0 spiro atoms. The first-order valence-corrected chi connectivity index (χ1v) is 10.8. The standard InChI is InChI=1S/C25H29F2N3O2/c1-5-6-15-25(26,27)23-28-21(30(29-23)24(2,3)4)16-17-11-13-18(14-12-17)19-9-7-8-10-20(19)22(31)32/h7-14H,5-6,15-16H2,1-4H3,(H,31,32). The molecule has 170 valence electrons. The highest BCUT2D eigenvalue weighted by Gasteiger charge is 2.37. The molecule has 0 aliphatic carbocycles. The minimum absolute atomic E-state index is 0.228. The summed E-state index contributed by atoms with van der Waals surface area (Å²) in [5.74, 6) is -4.00. The van der Waals surface area contributed by atoms with Crippen LogP contribution in [-0.2, 0) is 17.9 Å². The van der Waals surface area contributed by atoms with Crippen LogP contribution in [0.2, 0.25) is 0 Å². The van der Waals surface area contributed by atoms with E-state index in [0.29, 0.717) is 30.7 Å². The average Bonchev–Trinajstić information content (AvgIpc) is 3.18. The number of carboxylic acid groups (broad SMARTS) is 1. The number of nitrogens with zero attached hydrogens (tertiary/aromatic N) is 3. The average molecular weight is 442 g/mol. The molecular weight excluding hydrogens is 412 g/mol. The summed E-state index contributed by atoms with van der Waals surface area (Å²) in [6, 6.07) is 14.2. The molecule has 1 aromatic heterocycles. The Bertz CT molecular complexity index is 1080. The lowest BCUT2D eigenvalue weighted by atomic mass is 9.98. The van der Waals surface area contributed by atoms with Crippen molar-refractivity contribution in [2.45, 2.75) is 64.8 Å². The van der Waals surface area contributed by atoms with E-state index in [1.807, 2.05) is 52.0 Å². The molecule has 3 aromatic rings. The zero-order chi connectivity index (χ0) is 23.5. The van der Waals surface area contributed by atoms with Gasteiger partial charge < -0.3 is 5.11 Å². The van der Waals surface area contributed by atoms with E-state index in [1.54, 1.807) is 28.9 Å². The van der Waals surface area contributed by atoms with Crippen molar-refractivity contribution in [3.8, 4) is 11.1 Å². The zero-order valence-electron chi connectivity index (χ0n) is 18.9. The van der Waals surface area contributed by atoms with Crippen LogP contribution in [0.15, 0.2) is 48.5 Å². The van der Waals surface area contributed by atoms with Crippen LogP contribution < -0.4 is 0 Å². The quantitative estimate of drug-likeness (QED) is 0.447. The third-order valence-electron chi connectivity index (χ3n) is 5.27. The van der Waals surface area contributed by atoms with Crippen molar-refractivity contribution in [2.75, 3.05) is 0 Å². The van der Waals surface area contributed by atoms with Gasteiger partial charge in [0.15, 0.2) is 0 Å². The van der Waals surface area contributed by atoms with E-state index in [9.17, 15) is 18.7 Å². The molecule has 5 nitrogen and oxygen atoms in total. The predicted octanol–water partition coefficient (Wildman–Crippen LogP) is 6.27. The number of rotatable bonds is 8. The number of aromatic nitrogens is 3. The third kappa shape index (κ3) is 5.21. The van der Waals surface area contributed by atoms with E-state index < -0.39 is 23.3 Å². The first-order chi connectivity index (χ1) is 15.0. The first kappa shape index (κ1) is 23.6. The second-order valence-corrected chi connectivity index (χ2v) is 8.97. The number of hydrogen-bond acceptors (Lipinski definition) is 3. The molecule has 2 aromatic carbocycles. The fourth-order valence-corrected chi connectivity index (χ4v) is 3.57. The first-order valence-electron chi connectivity index (χ1n) is 10.8. The van der Waals surface area contributed by atoms with Crippen molar-refractivity contribution < 1.29 is 18.7 Å². The minimum Gasteiger partial charge on any atom is -0.478 e. The van der Waals surface area contributed by atoms with Crippen molar-refractivity contribution in [2.24, 2.45) is 0 Å². The molecule has 0 saturated heterocycles. The molecule has 0 amide bonds. The number of carboxylic acids is 1. The van der Waals surface area contributed by atoms with Crippen LogP contribution in [0, 0.1) is 0 Å². The van der Waals surface area contributed by atoms with Crippen LogP contribution >= 0.6 is 0 Å². The largest absolute Gasteiger partial charge is 0.478 e. The highest BCUT2D eigenvalue weighted by atomic mass is 19.3. The van der Waals surface area contributed by atoms with Crippen molar-refractivity contribution in [3.63, 3.8) is 0 Å². The van der Waals surface area contributed by atoms with Gasteiger partial charge in [-0.3, -0.25) is 0 Å². The summed E-state index contributed by atoms with van der Waals surface area (Å²) in [5, 5.41) is 13.6. The fourth-order valence-electron chi connectivity index (χ4n) is 3.57. The number of unbranched alkanes of at least 4 members (excludes halogenated alkanes) is 1. The molecule has 32 heavy (non-hydrogen) atoms. The van der Waals surface area contributed by atoms with Crippen molar-refractivity contribution in [3.05, 3.63) is 71.3 Å². The van der Waals surface area contributed by atoms with Gasteiger partial charge in [0.1, 0.15) is 5.82 Å². The number of hydrogen-bond donors (Lipinski definition) is 1. The molecule has 0 saturated carbocycles. The summed E-state index contributed by atoms with van der Waals surface area (Å²) >= 11 is 0. The van der Waals surface area contributed by atoms with Gasteiger partial charge in [-0.15, -0.1) is 5.10 Å². The van der Waals surface area contributed by atoms with Crippen molar-refractivity contribution in [1.29, 1.82) is 0 Å². The number of alkyl halides is 2. The second kappa shape index (κ2) is 9.18. The van der Waals surface area contributed by atoms with Crippen LogP contribution in [0.1, 0.15) is 74.5 Å². The molecular formula is C25H29F2N3O2. The van der Waals surface area contributed by atoms with Gasteiger partial charge in [0.05, 0.1) is 11.1 Å². The van der Waals surface area contributed by atoms with Gasteiger partial charge in [0, 0.05) is 12.8 Å². The summed E-state index contributed by atoms with van der Waals surface area (Å²) in [7, 11) is 0. The summed E-state index contributed by atoms with van der Waals surface area (Å²) in [6.45, 7) is 7.60. The SMILES string of the molecule is CCCCC(F)(F)c1nc(Cc2ccc(-c3ccccc3C(=O)O)cc2)n(C(C)(C)C)n1. The molecule has 1 heterocycles. The Labute approximate surface area is 187 Å². The molecule has 0 bridgehead atoms. The molecule has 0 radical (unpaired) electrons. The predicted molar refractivity (Wildman–Crippen MR) is 120 cm³/mol. The van der Waals surface area contributed by atoms with Crippen LogP contribution in [0.3, 0.4) is 0 Å². The highest BCUT2D eigenvalue weighted by Crippen LogP contribution is 2.33. The molecule has 7 heteroatoms. The summed E-state index contributed by atoms with van der Waals surface area (Å²) in [5.41, 5.74) is 2.01. The Hall–Kier alpha value is -3.09. The van der Waals surface area contributed by atoms with Crippen LogP contribution in [0.5, 0.6) is 0 Å². The van der Waals surface area contributed by atoms with E-state index in [1.165, 1.54) is 0 Å². The topological polar surface area (TPSA) is 68.0 Å². The van der Waals surface area contributed by atoms with Crippen molar-refractivity contribution >= 4 is 5.97 Å². The van der Waals surface area contributed by atoms with Crippen molar-refractivity contribution in [1.82, 2.24) is 14.8 Å². The van der Waals surface area contributed by atoms with Gasteiger partial charge in [-0.1, -0.05) is 55.8 Å². The van der Waals surface area contributed by atoms with Gasteiger partial charge in [-0.2, -0.15) is 8.78 Å². The minimum atomic E-state index is -3.06. The fraction of sp³-hybridized carbons (Fsp3) is 0.400. The van der Waals surface area contributed by atoms with E-state index in [-0.39, 0.29) is 12.0 Å². The van der Waals surface area contributed by atoms with Crippen LogP contribution in [-0.4, -0.2) is 25.8 Å². The van der Waals surface area contributed by atoms with E-state index in [2.05, 4.69) is 10.1 Å². The molecule has 0 aliphatic heterocycles. The van der Waals surface area contributed by atoms with Gasteiger partial charge >= 0.3 is 11.9 Å². The Kier molecular flexibility index (Phi) is 6.77. The van der Waals surface area contributed by atoms with Gasteiger partial charge in [-0.25, -0.2) is 14.5 Å². The molecule has 0 atom stereocenters. The number of carbonyl (C=O) groups is 1. The molecule has 0 fully saturated rings. The van der Waals surface area contributed by atoms with E-state index in [4.69, 9.17) is 0 Å². The molecule has 1 N–H and O–H groups in total. The van der Waals surface area contributed by atoms with Crippen LogP contribution in [0.25, 0.3) is 11.1 Å². The maximum Gasteiger partial charge on any atom is 0.336 e. The lowest BCUT2D eigenvalue weighted by Gasteiger charge is -2.21. The monoisotopic (exact) mass is 441 g/mol. The van der Waals surface area contributed by atoms with Gasteiger partial charge in [0.25, 0.3) is 0 Å². The molecule has 3 rings (SSSR count). The maximum atomic E-state index is 14.6. The Morgan fingerprint density at radius 3 is 2.31 bits per heavy atom. The third-order valence-corrected chi connectivity index (χ3v) is 5.27. The van der Waals surface area contributed by atoms with Crippen LogP contribution in [0.4, 0.5) is 8.78 Å². The highest BCUT2D eigenvalue weighted by molar-refractivity contribution is 5.95. The normalized spacial score (nSPS) is 12.2. The maximum absolute atomic E-state index is 14.6. The smallest absolute Gasteiger partial charge is 0.336 e. The second-order valence-electron chi connectivity index (χ2n) is 8.97. The number of benzene rings is 2. The lowest BCUT2D eigenvalue weighted by Crippen LogP contribution is -2.26. The lowest BCUT2D eigenvalue weighted by molar-refractivity contribution is -0.0249. The summed E-state index contributed by atoms with van der Waals surface area (Å²) < 4.78 is 30.8. The Morgan fingerprint density at radius 2 is 1.72 bits per heavy atom. The zero-order valence-corrected chi connectivity index (χ0v) is 18.9. The van der Waals surface area contributed by atoms with Gasteiger partial charge in [-0.05, 0) is 49.9 Å². The number of halogens is 2. The Balaban J connectivity index is 1.91. The van der Waals surface area contributed by atoms with E-state index >= 15 is 0 Å². The molecule has 0 unspecified atom stereocenters. The summed E-state index contributed by atoms with van der Waals surface area (Å²) in [6.07, 6.45) is 1.16. The van der Waals surface area contributed by atoms with Gasteiger partial charge in [0.2, 0.25) is 5.82 Å². The Morgan fingerprint density at radius 1 is 1.06 bits per heavy atom. The summed E-state index contributed by atoms with van der Waals surface area (Å²) in [4.78, 5) is 15.7.